The summed E-state index contributed by atoms with van der Waals surface area (Å²) in [6, 6.07) is 2.50. The van der Waals surface area contributed by atoms with Crippen molar-refractivity contribution in [2.45, 2.75) is 62.2 Å². The summed E-state index contributed by atoms with van der Waals surface area (Å²) >= 11 is 1.10. The van der Waals surface area contributed by atoms with Crippen molar-refractivity contribution in [3.05, 3.63) is 39.5 Å². The van der Waals surface area contributed by atoms with Crippen LogP contribution in [-0.4, -0.2) is 20.3 Å². The summed E-state index contributed by atoms with van der Waals surface area (Å²) in [6.45, 7) is 3.27. The van der Waals surface area contributed by atoms with Crippen molar-refractivity contribution in [3.63, 3.8) is 0 Å². The molecule has 0 saturated heterocycles. The predicted molar refractivity (Wildman–Crippen MR) is 110 cm³/mol. The Bertz CT molecular complexity index is 1040. The van der Waals surface area contributed by atoms with Crippen LogP contribution in [0.4, 0.5) is 10.5 Å². The van der Waals surface area contributed by atoms with Gasteiger partial charge in [0, 0.05) is 16.3 Å². The van der Waals surface area contributed by atoms with Crippen LogP contribution in [0.15, 0.2) is 20.7 Å². The molecule has 7 nitrogen and oxygen atoms in total. The zero-order valence-electron chi connectivity index (χ0n) is 15.9. The highest BCUT2D eigenvalue weighted by atomic mass is 32.2. The van der Waals surface area contributed by atoms with Gasteiger partial charge in [0.05, 0.1) is 11.3 Å². The summed E-state index contributed by atoms with van der Waals surface area (Å²) in [7, 11) is -3.39. The number of pyridine rings is 1. The molecule has 0 aromatic carbocycles. The van der Waals surface area contributed by atoms with Gasteiger partial charge in [0.25, 0.3) is 0 Å². The number of anilines is 1. The third-order valence-electron chi connectivity index (χ3n) is 5.17. The van der Waals surface area contributed by atoms with Crippen molar-refractivity contribution in [2.75, 3.05) is 5.32 Å². The SMILES string of the molecule is CC(C)(O)c1ccc([S@@](N)(=O)=NC(=O)Nc2c3c(nc4c2CCC4)CCC3)s1. The van der Waals surface area contributed by atoms with Crippen LogP contribution in [-0.2, 0) is 41.2 Å². The smallest absolute Gasteiger partial charge is 0.354 e. The van der Waals surface area contributed by atoms with Crippen LogP contribution in [0.3, 0.4) is 0 Å². The van der Waals surface area contributed by atoms with Crippen LogP contribution < -0.4 is 10.5 Å². The first-order valence-electron chi connectivity index (χ1n) is 9.37. The summed E-state index contributed by atoms with van der Waals surface area (Å²) in [5.74, 6) is 0. The average Bonchev–Trinajstić information content (AvgIpc) is 3.33. The molecule has 4 N–H and O–H groups in total. The molecule has 2 aliphatic rings. The minimum atomic E-state index is -3.39. The summed E-state index contributed by atoms with van der Waals surface area (Å²) < 4.78 is 16.9. The van der Waals surface area contributed by atoms with Gasteiger partial charge in [0.1, 0.15) is 4.21 Å². The van der Waals surface area contributed by atoms with Gasteiger partial charge in [-0.15, -0.1) is 15.7 Å². The number of aliphatic hydroxyl groups is 1. The lowest BCUT2D eigenvalue weighted by atomic mass is 10.1. The first-order valence-corrected chi connectivity index (χ1v) is 11.8. The number of aryl methyl sites for hydroxylation is 2. The molecule has 2 aliphatic carbocycles. The van der Waals surface area contributed by atoms with Crippen molar-refractivity contribution >= 4 is 33.0 Å². The van der Waals surface area contributed by atoms with Crippen LogP contribution in [0.2, 0.25) is 0 Å². The molecule has 0 aliphatic heterocycles. The average molecular weight is 421 g/mol. The molecule has 0 saturated carbocycles. The zero-order valence-corrected chi connectivity index (χ0v) is 17.6. The second-order valence-electron chi connectivity index (χ2n) is 7.81. The number of hydrogen-bond acceptors (Lipinski definition) is 5. The van der Waals surface area contributed by atoms with Gasteiger partial charge in [-0.2, -0.15) is 0 Å². The molecule has 150 valence electrons. The molecule has 0 bridgehead atoms. The summed E-state index contributed by atoms with van der Waals surface area (Å²) in [5.41, 5.74) is 3.98. The molecule has 28 heavy (non-hydrogen) atoms. The Morgan fingerprint density at radius 1 is 1.21 bits per heavy atom. The van der Waals surface area contributed by atoms with Gasteiger partial charge in [0.15, 0.2) is 9.92 Å². The van der Waals surface area contributed by atoms with E-state index in [1.54, 1.807) is 26.0 Å². The number of amides is 2. The number of nitrogens with two attached hydrogens (primary N) is 1. The molecule has 0 spiro atoms. The molecular weight excluding hydrogens is 396 g/mol. The maximum absolute atomic E-state index is 12.9. The van der Waals surface area contributed by atoms with Crippen molar-refractivity contribution in [1.29, 1.82) is 0 Å². The summed E-state index contributed by atoms with van der Waals surface area (Å²) in [4.78, 5) is 18.0. The van der Waals surface area contributed by atoms with E-state index in [1.165, 1.54) is 0 Å². The van der Waals surface area contributed by atoms with Gasteiger partial charge < -0.3 is 10.4 Å². The highest BCUT2D eigenvalue weighted by molar-refractivity contribution is 7.93. The number of carbonyl (C=O) groups excluding carboxylic acids is 1. The molecule has 9 heteroatoms. The van der Waals surface area contributed by atoms with E-state index in [2.05, 4.69) is 9.68 Å². The lowest BCUT2D eigenvalue weighted by molar-refractivity contribution is 0.0825. The van der Waals surface area contributed by atoms with Crippen LogP contribution in [0.1, 0.15) is 54.1 Å². The number of rotatable bonds is 3. The first-order chi connectivity index (χ1) is 13.1. The Hall–Kier alpha value is -1.81. The standard InChI is InChI=1S/C19H24N4O3S2/c1-19(2,25)15-9-10-16(27-15)28(20,26)23-18(24)22-17-11-5-3-7-13(11)21-14-8-4-6-12(14)17/h9-10,25H,3-8H2,1-2H3,(H3,20,21,22,23,24,26)/t28-/m0/s1. The highest BCUT2D eigenvalue weighted by Gasteiger charge is 2.27. The number of aromatic nitrogens is 1. The van der Waals surface area contributed by atoms with Crippen molar-refractivity contribution < 1.29 is 14.1 Å². The third-order valence-corrected chi connectivity index (χ3v) is 8.48. The Balaban J connectivity index is 1.65. The minimum absolute atomic E-state index is 0.268. The van der Waals surface area contributed by atoms with Gasteiger partial charge in [-0.25, -0.2) is 14.1 Å². The molecule has 4 rings (SSSR count). The lowest BCUT2D eigenvalue weighted by Gasteiger charge is -2.14. The molecule has 2 aromatic heterocycles. The van der Waals surface area contributed by atoms with Gasteiger partial charge in [0.2, 0.25) is 0 Å². The van der Waals surface area contributed by atoms with Gasteiger partial charge >= 0.3 is 6.03 Å². The fourth-order valence-electron chi connectivity index (χ4n) is 3.84. The van der Waals surface area contributed by atoms with E-state index in [0.717, 1.165) is 78.1 Å². The lowest BCUT2D eigenvalue weighted by Crippen LogP contribution is -2.18. The Labute approximate surface area is 168 Å². The van der Waals surface area contributed by atoms with Crippen LogP contribution in [0, 0.1) is 0 Å². The van der Waals surface area contributed by atoms with Gasteiger partial charge in [-0.1, -0.05) is 0 Å². The Morgan fingerprint density at radius 2 is 1.82 bits per heavy atom. The monoisotopic (exact) mass is 420 g/mol. The molecule has 0 fully saturated rings. The molecule has 2 amide bonds. The number of fused-ring (bicyclic) bond motifs is 2. The number of urea groups is 1. The minimum Gasteiger partial charge on any atom is -0.385 e. The zero-order chi connectivity index (χ0) is 20.1. The number of nitrogens with one attached hydrogen (secondary N) is 1. The van der Waals surface area contributed by atoms with Crippen LogP contribution in [0.25, 0.3) is 0 Å². The van der Waals surface area contributed by atoms with Gasteiger partial charge in [-0.05, 0) is 75.6 Å². The second kappa shape index (κ2) is 6.91. The second-order valence-corrected chi connectivity index (χ2v) is 10.9. The number of carbonyl (C=O) groups is 1. The molecule has 2 heterocycles. The topological polar surface area (TPSA) is 118 Å². The van der Waals surface area contributed by atoms with E-state index in [0.29, 0.717) is 4.88 Å². The van der Waals surface area contributed by atoms with E-state index in [9.17, 15) is 14.1 Å². The normalized spacial score (nSPS) is 17.7. The molecular formula is C19H24N4O3S2. The summed E-state index contributed by atoms with van der Waals surface area (Å²) in [5, 5.41) is 18.8. The number of hydrogen-bond donors (Lipinski definition) is 3. The van der Waals surface area contributed by atoms with E-state index in [1.807, 2.05) is 0 Å². The first kappa shape index (κ1) is 19.5. The van der Waals surface area contributed by atoms with Crippen molar-refractivity contribution in [3.8, 4) is 0 Å². The fraction of sp³-hybridized carbons (Fsp3) is 0.474. The molecule has 2 aromatic rings. The van der Waals surface area contributed by atoms with Crippen LogP contribution in [0.5, 0.6) is 0 Å². The van der Waals surface area contributed by atoms with E-state index in [-0.39, 0.29) is 4.21 Å². The molecule has 0 radical (unpaired) electrons. The van der Waals surface area contributed by atoms with Crippen molar-refractivity contribution in [2.24, 2.45) is 9.50 Å². The number of nitrogens with zero attached hydrogens (tertiary/aromatic N) is 2. The third kappa shape index (κ3) is 3.59. The van der Waals surface area contributed by atoms with E-state index < -0.39 is 21.5 Å². The summed E-state index contributed by atoms with van der Waals surface area (Å²) in [6.07, 6.45) is 5.64. The molecule has 1 atom stereocenters. The molecule has 0 unspecified atom stereocenters. The van der Waals surface area contributed by atoms with E-state index in [4.69, 9.17) is 10.1 Å². The highest BCUT2D eigenvalue weighted by Crippen LogP contribution is 2.37. The number of thiophene rings is 1. The fourth-order valence-corrected chi connectivity index (χ4v) is 6.08. The van der Waals surface area contributed by atoms with Gasteiger partial charge in [-0.3, -0.25) is 4.98 Å². The maximum Gasteiger partial charge on any atom is 0.354 e. The van der Waals surface area contributed by atoms with Crippen LogP contribution >= 0.6 is 11.3 Å². The largest absolute Gasteiger partial charge is 0.385 e. The predicted octanol–water partition coefficient (Wildman–Crippen LogP) is 3.28. The quantitative estimate of drug-likeness (QED) is 0.706. The maximum atomic E-state index is 12.9. The Kier molecular flexibility index (Phi) is 4.81. The van der Waals surface area contributed by atoms with Crippen molar-refractivity contribution in [1.82, 2.24) is 4.98 Å². The van der Waals surface area contributed by atoms with E-state index >= 15 is 0 Å². The Morgan fingerprint density at radius 3 is 2.36 bits per heavy atom.